The van der Waals surface area contributed by atoms with E-state index in [4.69, 9.17) is 9.47 Å². The molecule has 1 atom stereocenters. The molecular weight excluding hydrogens is 395 g/mol. The van der Waals surface area contributed by atoms with Gasteiger partial charge >= 0.3 is 0 Å². The van der Waals surface area contributed by atoms with Crippen molar-refractivity contribution in [3.05, 3.63) is 52.2 Å². The fourth-order valence-corrected chi connectivity index (χ4v) is 4.81. The molecule has 2 aliphatic rings. The van der Waals surface area contributed by atoms with Gasteiger partial charge in [-0.1, -0.05) is 6.07 Å². The van der Waals surface area contributed by atoms with Gasteiger partial charge in [-0.15, -0.1) is 11.3 Å². The fraction of sp³-hybridized carbons (Fsp3) is 0.429. The highest BCUT2D eigenvalue weighted by Gasteiger charge is 2.33. The summed E-state index contributed by atoms with van der Waals surface area (Å²) >= 11 is 1.24. The van der Waals surface area contributed by atoms with E-state index < -0.39 is 11.7 Å². The lowest BCUT2D eigenvalue weighted by atomic mass is 9.97. The topological polar surface area (TPSA) is 67.9 Å². The second-order valence-electron chi connectivity index (χ2n) is 7.35. The molecule has 0 bridgehead atoms. The monoisotopic (exact) mass is 418 g/mol. The lowest BCUT2D eigenvalue weighted by Crippen LogP contribution is -2.43. The van der Waals surface area contributed by atoms with Gasteiger partial charge in [0.2, 0.25) is 0 Å². The molecule has 0 aliphatic carbocycles. The third-order valence-electron chi connectivity index (χ3n) is 5.21. The minimum Gasteiger partial charge on any atom is -0.350 e. The number of likely N-dealkylation sites (tertiary alicyclic amines) is 1. The van der Waals surface area contributed by atoms with Crippen LogP contribution in [0.3, 0.4) is 0 Å². The molecule has 0 spiro atoms. The van der Waals surface area contributed by atoms with Gasteiger partial charge in [0.15, 0.2) is 6.29 Å². The van der Waals surface area contributed by atoms with Crippen molar-refractivity contribution in [3.63, 3.8) is 0 Å². The van der Waals surface area contributed by atoms with Gasteiger partial charge in [0.25, 0.3) is 11.8 Å². The standard InChI is InChI=1S/C21H23FN2O4S/c1-13-10-17(23-19(25)14-4-2-6-16(22)11-14)29-18(13)20(26)24-7-3-5-15(12-24)21-27-8-9-28-21/h2,4,6,10-11,15,21H,3,5,7-9,12H2,1H3,(H,23,25). The summed E-state index contributed by atoms with van der Waals surface area (Å²) in [7, 11) is 0. The Morgan fingerprint density at radius 1 is 1.24 bits per heavy atom. The highest BCUT2D eigenvalue weighted by Crippen LogP contribution is 2.31. The van der Waals surface area contributed by atoms with Crippen molar-refractivity contribution in [3.8, 4) is 0 Å². The first-order chi connectivity index (χ1) is 14.0. The summed E-state index contributed by atoms with van der Waals surface area (Å²) in [6.07, 6.45) is 1.66. The van der Waals surface area contributed by atoms with Gasteiger partial charge < -0.3 is 19.7 Å². The zero-order valence-corrected chi connectivity index (χ0v) is 17.0. The SMILES string of the molecule is Cc1cc(NC(=O)c2cccc(F)c2)sc1C(=O)N1CCCC(C2OCCO2)C1. The number of anilines is 1. The Bertz CT molecular complexity index is 910. The number of nitrogens with zero attached hydrogens (tertiary/aromatic N) is 1. The molecule has 8 heteroatoms. The predicted octanol–water partition coefficient (Wildman–Crippen LogP) is 3.67. The van der Waals surface area contributed by atoms with Crippen LogP contribution in [0, 0.1) is 18.7 Å². The zero-order chi connectivity index (χ0) is 20.4. The minimum atomic E-state index is -0.467. The first-order valence-electron chi connectivity index (χ1n) is 9.71. The van der Waals surface area contributed by atoms with E-state index in [1.165, 1.54) is 29.5 Å². The number of benzene rings is 1. The average Bonchev–Trinajstić information content (AvgIpc) is 3.37. The number of nitrogens with one attached hydrogen (secondary N) is 1. The third kappa shape index (κ3) is 4.49. The molecule has 2 aliphatic heterocycles. The molecule has 6 nitrogen and oxygen atoms in total. The molecule has 1 aromatic carbocycles. The molecule has 1 N–H and O–H groups in total. The van der Waals surface area contributed by atoms with Crippen molar-refractivity contribution in [2.45, 2.75) is 26.1 Å². The van der Waals surface area contributed by atoms with E-state index >= 15 is 0 Å². The van der Waals surface area contributed by atoms with Crippen LogP contribution in [-0.2, 0) is 9.47 Å². The quantitative estimate of drug-likeness (QED) is 0.823. The van der Waals surface area contributed by atoms with Gasteiger partial charge in [-0.2, -0.15) is 0 Å². The van der Waals surface area contributed by atoms with Gasteiger partial charge in [0, 0.05) is 24.6 Å². The highest BCUT2D eigenvalue weighted by atomic mass is 32.1. The number of piperidine rings is 1. The molecule has 1 unspecified atom stereocenters. The Hall–Kier alpha value is -2.29. The second-order valence-corrected chi connectivity index (χ2v) is 8.40. The first-order valence-corrected chi connectivity index (χ1v) is 10.5. The maximum Gasteiger partial charge on any atom is 0.264 e. The largest absolute Gasteiger partial charge is 0.350 e. The zero-order valence-electron chi connectivity index (χ0n) is 16.2. The molecular formula is C21H23FN2O4S. The van der Waals surface area contributed by atoms with Crippen LogP contribution in [0.5, 0.6) is 0 Å². The van der Waals surface area contributed by atoms with Crippen molar-refractivity contribution in [2.75, 3.05) is 31.6 Å². The fourth-order valence-electron chi connectivity index (χ4n) is 3.78. The first kappa shape index (κ1) is 20.0. The summed E-state index contributed by atoms with van der Waals surface area (Å²) in [5.41, 5.74) is 1.05. The van der Waals surface area contributed by atoms with E-state index in [0.717, 1.165) is 18.4 Å². The molecule has 2 saturated heterocycles. The maximum absolute atomic E-state index is 13.3. The Morgan fingerprint density at radius 3 is 2.79 bits per heavy atom. The van der Waals surface area contributed by atoms with Gasteiger partial charge in [0.05, 0.1) is 23.1 Å². The van der Waals surface area contributed by atoms with Gasteiger partial charge in [-0.3, -0.25) is 9.59 Å². The van der Waals surface area contributed by atoms with E-state index in [1.54, 1.807) is 12.1 Å². The Kier molecular flexibility index (Phi) is 5.94. The lowest BCUT2D eigenvalue weighted by molar-refractivity contribution is -0.0969. The molecule has 2 aromatic rings. The lowest BCUT2D eigenvalue weighted by Gasteiger charge is -2.34. The van der Waals surface area contributed by atoms with Crippen LogP contribution < -0.4 is 5.32 Å². The number of hydrogen-bond acceptors (Lipinski definition) is 5. The molecule has 3 heterocycles. The van der Waals surface area contributed by atoms with E-state index in [1.807, 2.05) is 11.8 Å². The van der Waals surface area contributed by atoms with Crippen LogP contribution in [0.1, 0.15) is 38.4 Å². The molecule has 154 valence electrons. The van der Waals surface area contributed by atoms with E-state index in [0.29, 0.717) is 36.2 Å². The number of thiophene rings is 1. The van der Waals surface area contributed by atoms with Gasteiger partial charge in [-0.25, -0.2) is 4.39 Å². The average molecular weight is 418 g/mol. The number of carbonyl (C=O) groups excluding carboxylic acids is 2. The number of aryl methyl sites for hydroxylation is 1. The van der Waals surface area contributed by atoms with Crippen molar-refractivity contribution < 1.29 is 23.5 Å². The van der Waals surface area contributed by atoms with Crippen molar-refractivity contribution in [1.82, 2.24) is 4.90 Å². The van der Waals surface area contributed by atoms with Crippen LogP contribution in [-0.4, -0.2) is 49.3 Å². The Balaban J connectivity index is 1.44. The van der Waals surface area contributed by atoms with Crippen LogP contribution in [0.2, 0.25) is 0 Å². The number of halogens is 1. The molecule has 2 fully saturated rings. The normalized spacial score (nSPS) is 20.1. The van der Waals surface area contributed by atoms with E-state index in [-0.39, 0.29) is 23.7 Å². The Morgan fingerprint density at radius 2 is 2.03 bits per heavy atom. The van der Waals surface area contributed by atoms with E-state index in [2.05, 4.69) is 5.32 Å². The summed E-state index contributed by atoms with van der Waals surface area (Å²) < 4.78 is 24.6. The number of amides is 2. The maximum atomic E-state index is 13.3. The van der Waals surface area contributed by atoms with Crippen molar-refractivity contribution in [1.29, 1.82) is 0 Å². The number of hydrogen-bond donors (Lipinski definition) is 1. The highest BCUT2D eigenvalue weighted by molar-refractivity contribution is 7.18. The minimum absolute atomic E-state index is 0.0403. The molecule has 2 amide bonds. The van der Waals surface area contributed by atoms with E-state index in [9.17, 15) is 14.0 Å². The summed E-state index contributed by atoms with van der Waals surface area (Å²) in [6.45, 7) is 4.36. The third-order valence-corrected chi connectivity index (χ3v) is 6.35. The summed E-state index contributed by atoms with van der Waals surface area (Å²) in [5, 5.41) is 3.33. The van der Waals surface area contributed by atoms with Crippen LogP contribution in [0.4, 0.5) is 9.39 Å². The molecule has 1 aromatic heterocycles. The van der Waals surface area contributed by atoms with Crippen LogP contribution >= 0.6 is 11.3 Å². The number of carbonyl (C=O) groups is 2. The van der Waals surface area contributed by atoms with Gasteiger partial charge in [0.1, 0.15) is 5.82 Å². The summed E-state index contributed by atoms with van der Waals surface area (Å²) in [4.78, 5) is 27.9. The smallest absolute Gasteiger partial charge is 0.264 e. The van der Waals surface area contributed by atoms with Crippen molar-refractivity contribution >= 4 is 28.2 Å². The molecule has 0 radical (unpaired) electrons. The van der Waals surface area contributed by atoms with Crippen molar-refractivity contribution in [2.24, 2.45) is 5.92 Å². The van der Waals surface area contributed by atoms with Gasteiger partial charge in [-0.05, 0) is 49.6 Å². The molecule has 4 rings (SSSR count). The molecule has 0 saturated carbocycles. The Labute approximate surface area is 172 Å². The van der Waals surface area contributed by atoms with Crippen LogP contribution in [0.25, 0.3) is 0 Å². The number of ether oxygens (including phenoxy) is 2. The number of rotatable bonds is 4. The predicted molar refractivity (Wildman–Crippen MR) is 108 cm³/mol. The second kappa shape index (κ2) is 8.61. The molecule has 29 heavy (non-hydrogen) atoms. The summed E-state index contributed by atoms with van der Waals surface area (Å²) in [6, 6.07) is 7.29. The summed E-state index contributed by atoms with van der Waals surface area (Å²) in [5.74, 6) is -0.729. The van der Waals surface area contributed by atoms with Crippen LogP contribution in [0.15, 0.2) is 30.3 Å².